The largest absolute Gasteiger partial charge is 0.455 e. The summed E-state index contributed by atoms with van der Waals surface area (Å²) in [7, 11) is 0. The highest BCUT2D eigenvalue weighted by molar-refractivity contribution is 6.17. The van der Waals surface area contributed by atoms with Crippen molar-refractivity contribution in [2.45, 2.75) is 0 Å². The molecule has 0 amide bonds. The predicted molar refractivity (Wildman–Crippen MR) is 317 cm³/mol. The molecule has 15 rings (SSSR count). The van der Waals surface area contributed by atoms with E-state index >= 15 is 0 Å². The molecule has 0 spiro atoms. The lowest BCUT2D eigenvalue weighted by Gasteiger charge is -2.26. The van der Waals surface area contributed by atoms with Crippen LogP contribution in [0.3, 0.4) is 0 Å². The summed E-state index contributed by atoms with van der Waals surface area (Å²) in [6.45, 7) is 0. The maximum Gasteiger partial charge on any atom is 0.143 e. The highest BCUT2D eigenvalue weighted by Gasteiger charge is 2.19. The Balaban J connectivity index is 0.793. The van der Waals surface area contributed by atoms with Crippen LogP contribution in [0, 0.1) is 0 Å². The first-order chi connectivity index (χ1) is 37.2. The van der Waals surface area contributed by atoms with Gasteiger partial charge < -0.3 is 13.9 Å². The van der Waals surface area contributed by atoms with Crippen molar-refractivity contribution in [2.24, 2.45) is 0 Å². The molecule has 0 fully saturated rings. The van der Waals surface area contributed by atoms with E-state index < -0.39 is 0 Å². The molecule has 13 aromatic carbocycles. The Morgan fingerprint density at radius 3 is 1.39 bits per heavy atom. The molecule has 0 radical (unpaired) electrons. The van der Waals surface area contributed by atoms with Gasteiger partial charge in [0.2, 0.25) is 0 Å². The van der Waals surface area contributed by atoms with Gasteiger partial charge in [-0.1, -0.05) is 206 Å². The van der Waals surface area contributed by atoms with Crippen molar-refractivity contribution in [1.82, 2.24) is 4.57 Å². The molecule has 0 atom stereocenters. The van der Waals surface area contributed by atoms with Crippen LogP contribution in [0.2, 0.25) is 0 Å². The van der Waals surface area contributed by atoms with Crippen LogP contribution in [0.4, 0.5) is 17.1 Å². The van der Waals surface area contributed by atoms with Crippen molar-refractivity contribution < 1.29 is 4.42 Å². The molecule has 2 heterocycles. The van der Waals surface area contributed by atoms with Crippen LogP contribution in [0.5, 0.6) is 0 Å². The van der Waals surface area contributed by atoms with Gasteiger partial charge >= 0.3 is 0 Å². The topological polar surface area (TPSA) is 21.3 Å². The second-order valence-corrected chi connectivity index (χ2v) is 19.6. The molecule has 0 aliphatic carbocycles. The summed E-state index contributed by atoms with van der Waals surface area (Å²) >= 11 is 0. The third-order valence-corrected chi connectivity index (χ3v) is 15.4. The summed E-state index contributed by atoms with van der Waals surface area (Å²) in [4.78, 5) is 2.35. The Bertz CT molecular complexity index is 4620. The van der Waals surface area contributed by atoms with Gasteiger partial charge in [-0.15, -0.1) is 0 Å². The maximum atomic E-state index is 6.78. The zero-order chi connectivity index (χ0) is 49.4. The van der Waals surface area contributed by atoms with Gasteiger partial charge in [0.25, 0.3) is 0 Å². The Hall–Kier alpha value is -9.96. The lowest BCUT2D eigenvalue weighted by atomic mass is 9.92. The molecule has 0 N–H and O–H groups in total. The van der Waals surface area contributed by atoms with Gasteiger partial charge in [-0.3, -0.25) is 0 Å². The third-order valence-electron chi connectivity index (χ3n) is 15.4. The van der Waals surface area contributed by atoms with E-state index in [2.05, 4.69) is 289 Å². The SMILES string of the molecule is c1cc(-c2ccc(N(c3ccc(-c4ccc(-c5cc6ccccc6c6ccccc56)cc4)cc3)c3ccc(-c4cccc5c4oc4c6ccccc6ccc54)cc3)cc2)cc(-n2c3ccccc3c3ccccc32)c1. The Labute approximate surface area is 434 Å². The van der Waals surface area contributed by atoms with Gasteiger partial charge in [-0.25, -0.2) is 0 Å². The summed E-state index contributed by atoms with van der Waals surface area (Å²) in [6.07, 6.45) is 0. The molecule has 0 saturated heterocycles. The van der Waals surface area contributed by atoms with Crippen LogP contribution >= 0.6 is 0 Å². The van der Waals surface area contributed by atoms with E-state index in [0.717, 1.165) is 77.9 Å². The number of hydrogen-bond donors (Lipinski definition) is 0. The molecule has 0 unspecified atom stereocenters. The molecule has 3 nitrogen and oxygen atoms in total. The fourth-order valence-electron chi connectivity index (χ4n) is 11.8. The fraction of sp³-hybridized carbons (Fsp3) is 0. The molecule has 0 aliphatic heterocycles. The van der Waals surface area contributed by atoms with Crippen molar-refractivity contribution in [2.75, 3.05) is 4.90 Å². The summed E-state index contributed by atoms with van der Waals surface area (Å²) < 4.78 is 9.16. The molecule has 0 saturated carbocycles. The van der Waals surface area contributed by atoms with Crippen molar-refractivity contribution in [1.29, 1.82) is 0 Å². The smallest absolute Gasteiger partial charge is 0.143 e. The van der Waals surface area contributed by atoms with Crippen molar-refractivity contribution in [3.05, 3.63) is 279 Å². The predicted octanol–water partition coefficient (Wildman–Crippen LogP) is 20.3. The monoisotopic (exact) mass is 954 g/mol. The number of para-hydroxylation sites is 3. The number of benzene rings is 13. The quantitative estimate of drug-likeness (QED) is 0.142. The first kappa shape index (κ1) is 42.7. The van der Waals surface area contributed by atoms with E-state index in [4.69, 9.17) is 4.42 Å². The van der Waals surface area contributed by atoms with E-state index in [9.17, 15) is 0 Å². The van der Waals surface area contributed by atoms with Crippen LogP contribution in [0.25, 0.3) is 126 Å². The van der Waals surface area contributed by atoms with Crippen molar-refractivity contribution >= 4 is 93.1 Å². The number of fused-ring (bicyclic) bond motifs is 11. The van der Waals surface area contributed by atoms with Crippen LogP contribution in [-0.4, -0.2) is 4.57 Å². The Morgan fingerprint density at radius 1 is 0.253 bits per heavy atom. The average molecular weight is 955 g/mol. The molecular weight excluding hydrogens is 909 g/mol. The third kappa shape index (κ3) is 7.12. The van der Waals surface area contributed by atoms with E-state index in [0.29, 0.717) is 0 Å². The lowest BCUT2D eigenvalue weighted by Crippen LogP contribution is -2.09. The number of rotatable bonds is 8. The fourth-order valence-corrected chi connectivity index (χ4v) is 11.8. The molecule has 0 bridgehead atoms. The number of anilines is 3. The number of nitrogens with zero attached hydrogens (tertiary/aromatic N) is 2. The molecule has 350 valence electrons. The zero-order valence-corrected chi connectivity index (χ0v) is 40.9. The minimum absolute atomic E-state index is 0.903. The average Bonchev–Trinajstić information content (AvgIpc) is 4.08. The summed E-state index contributed by atoms with van der Waals surface area (Å²) in [5.74, 6) is 0. The standard InChI is InChI=1S/C72H46N2O/c1-4-18-60-50(13-1)37-44-67-66-24-12-23-61(71(66)75-72(60)67)51-35-42-57(43-36-51)73(56-40-33-49(34-41-56)53-15-11-16-58(45-53)74-69-25-9-7-21-64(69)65-22-8-10-26-70(65)74)55-38-31-48(32-39-55)47-27-29-52(30-28-47)68-46-54-14-2-3-17-59(54)62-19-5-6-20-63(62)68/h1-46H. The van der Waals surface area contributed by atoms with Gasteiger partial charge in [0.05, 0.1) is 11.0 Å². The lowest BCUT2D eigenvalue weighted by molar-refractivity contribution is 0.674. The molecular formula is C72H46N2O. The van der Waals surface area contributed by atoms with Gasteiger partial charge in [0.15, 0.2) is 0 Å². The van der Waals surface area contributed by atoms with E-state index in [1.807, 2.05) is 0 Å². The molecule has 75 heavy (non-hydrogen) atoms. The van der Waals surface area contributed by atoms with Crippen LogP contribution in [0.1, 0.15) is 0 Å². The minimum atomic E-state index is 0.903. The maximum absolute atomic E-state index is 6.78. The van der Waals surface area contributed by atoms with E-state index in [1.165, 1.54) is 65.4 Å². The molecule has 0 aliphatic rings. The number of furan rings is 1. The second-order valence-electron chi connectivity index (χ2n) is 19.6. The summed E-state index contributed by atoms with van der Waals surface area (Å²) in [6, 6.07) is 101. The highest BCUT2D eigenvalue weighted by Crippen LogP contribution is 2.43. The minimum Gasteiger partial charge on any atom is -0.455 e. The second kappa shape index (κ2) is 17.4. The zero-order valence-electron chi connectivity index (χ0n) is 40.9. The Morgan fingerprint density at radius 2 is 0.720 bits per heavy atom. The van der Waals surface area contributed by atoms with E-state index in [1.54, 1.807) is 0 Å². The number of aromatic nitrogens is 1. The molecule has 3 heteroatoms. The van der Waals surface area contributed by atoms with Gasteiger partial charge in [0, 0.05) is 55.2 Å². The van der Waals surface area contributed by atoms with Gasteiger partial charge in [-0.05, 0) is 139 Å². The number of hydrogen-bond acceptors (Lipinski definition) is 2. The van der Waals surface area contributed by atoms with Crippen LogP contribution < -0.4 is 4.90 Å². The van der Waals surface area contributed by atoms with Crippen molar-refractivity contribution in [3.8, 4) is 50.2 Å². The first-order valence-electron chi connectivity index (χ1n) is 25.7. The Kier molecular flexibility index (Phi) is 9.89. The first-order valence-corrected chi connectivity index (χ1v) is 25.7. The van der Waals surface area contributed by atoms with Crippen LogP contribution in [0.15, 0.2) is 283 Å². The molecule has 15 aromatic rings. The van der Waals surface area contributed by atoms with Crippen molar-refractivity contribution in [3.63, 3.8) is 0 Å². The normalized spacial score (nSPS) is 11.7. The molecule has 2 aromatic heterocycles. The summed E-state index contributed by atoms with van der Waals surface area (Å²) in [5.41, 5.74) is 17.8. The van der Waals surface area contributed by atoms with Crippen LogP contribution in [-0.2, 0) is 0 Å². The summed E-state index contributed by atoms with van der Waals surface area (Å²) in [5, 5.41) is 12.1. The van der Waals surface area contributed by atoms with Gasteiger partial charge in [-0.2, -0.15) is 0 Å². The highest BCUT2D eigenvalue weighted by atomic mass is 16.3. The van der Waals surface area contributed by atoms with E-state index in [-0.39, 0.29) is 0 Å². The van der Waals surface area contributed by atoms with Gasteiger partial charge in [0.1, 0.15) is 11.2 Å².